The molecule has 0 radical (unpaired) electrons. The van der Waals surface area contributed by atoms with E-state index in [4.69, 9.17) is 0 Å². The van der Waals surface area contributed by atoms with Gasteiger partial charge in [0.05, 0.1) is 11.1 Å². The van der Waals surface area contributed by atoms with Crippen molar-refractivity contribution in [1.82, 2.24) is 5.32 Å². The van der Waals surface area contributed by atoms with Gasteiger partial charge in [-0.3, -0.25) is 4.79 Å². The maximum absolute atomic E-state index is 12.9. The van der Waals surface area contributed by atoms with Crippen molar-refractivity contribution in [3.8, 4) is 0 Å². The van der Waals surface area contributed by atoms with Crippen LogP contribution in [-0.4, -0.2) is 16.8 Å². The maximum Gasteiger partial charge on any atom is 0.417 e. The van der Waals surface area contributed by atoms with Crippen molar-refractivity contribution in [2.45, 2.75) is 42.7 Å². The second-order valence-electron chi connectivity index (χ2n) is 4.92. The number of hydrogen-bond acceptors (Lipinski definition) is 1. The van der Waals surface area contributed by atoms with Crippen LogP contribution in [0.3, 0.4) is 0 Å². The van der Waals surface area contributed by atoms with Crippen molar-refractivity contribution in [1.29, 1.82) is 0 Å². The van der Waals surface area contributed by atoms with Crippen LogP contribution < -0.4 is 5.32 Å². The Morgan fingerprint density at radius 1 is 1.20 bits per heavy atom. The molecule has 1 fully saturated rings. The van der Waals surface area contributed by atoms with E-state index >= 15 is 0 Å². The summed E-state index contributed by atoms with van der Waals surface area (Å²) in [5.41, 5.74) is -1.20. The summed E-state index contributed by atoms with van der Waals surface area (Å²) < 4.78 is 38.6. The molecule has 0 heterocycles. The summed E-state index contributed by atoms with van der Waals surface area (Å²) in [5, 5.41) is 2.71. The van der Waals surface area contributed by atoms with Crippen LogP contribution in [0, 0.1) is 0 Å². The predicted octanol–water partition coefficient (Wildman–Crippen LogP) is 4.14. The van der Waals surface area contributed by atoms with Crippen molar-refractivity contribution in [2.24, 2.45) is 0 Å². The van der Waals surface area contributed by atoms with Crippen molar-refractivity contribution >= 4 is 21.8 Å². The highest BCUT2D eigenvalue weighted by Gasteiger charge is 2.35. The van der Waals surface area contributed by atoms with Crippen LogP contribution in [0.5, 0.6) is 0 Å². The lowest BCUT2D eigenvalue weighted by Crippen LogP contribution is -2.43. The molecule has 110 valence electrons. The van der Waals surface area contributed by atoms with E-state index in [2.05, 4.69) is 21.2 Å². The number of carbonyl (C=O) groups excluding carboxylic acids is 1. The first-order chi connectivity index (χ1) is 9.39. The second kappa shape index (κ2) is 6.16. The van der Waals surface area contributed by atoms with E-state index in [1.807, 2.05) is 0 Å². The maximum atomic E-state index is 12.9. The average molecular weight is 350 g/mol. The molecule has 2 nitrogen and oxygen atoms in total. The van der Waals surface area contributed by atoms with Gasteiger partial charge in [0.1, 0.15) is 0 Å². The number of alkyl halides is 4. The van der Waals surface area contributed by atoms with Gasteiger partial charge >= 0.3 is 6.18 Å². The van der Waals surface area contributed by atoms with Crippen LogP contribution in [0.25, 0.3) is 0 Å². The summed E-state index contributed by atoms with van der Waals surface area (Å²) >= 11 is 3.48. The lowest BCUT2D eigenvalue weighted by Gasteiger charge is -2.28. The zero-order valence-corrected chi connectivity index (χ0v) is 12.3. The molecule has 1 aromatic carbocycles. The Kier molecular flexibility index (Phi) is 4.73. The largest absolute Gasteiger partial charge is 0.417 e. The highest BCUT2D eigenvalue weighted by atomic mass is 79.9. The first-order valence-corrected chi connectivity index (χ1v) is 7.42. The normalized spacial score (nSPS) is 23.4. The van der Waals surface area contributed by atoms with Gasteiger partial charge in [-0.25, -0.2) is 0 Å². The van der Waals surface area contributed by atoms with Crippen LogP contribution in [0.2, 0.25) is 0 Å². The summed E-state index contributed by atoms with van der Waals surface area (Å²) in [5.74, 6) is -0.658. The SMILES string of the molecule is O=C(NC1CCCCC1Br)c1ccccc1C(F)(F)F. The van der Waals surface area contributed by atoms with Crippen LogP contribution >= 0.6 is 15.9 Å². The number of rotatable bonds is 2. The molecule has 0 spiro atoms. The Balaban J connectivity index is 2.17. The van der Waals surface area contributed by atoms with Gasteiger partial charge in [-0.05, 0) is 25.0 Å². The molecule has 1 saturated carbocycles. The van der Waals surface area contributed by atoms with Gasteiger partial charge in [-0.2, -0.15) is 13.2 Å². The first kappa shape index (κ1) is 15.4. The predicted molar refractivity (Wildman–Crippen MR) is 73.9 cm³/mol. The van der Waals surface area contributed by atoms with E-state index in [1.54, 1.807) is 0 Å². The lowest BCUT2D eigenvalue weighted by atomic mass is 9.95. The van der Waals surface area contributed by atoms with Gasteiger partial charge in [0.2, 0.25) is 0 Å². The highest BCUT2D eigenvalue weighted by Crippen LogP contribution is 2.32. The van der Waals surface area contributed by atoms with Crippen molar-refractivity contribution in [3.05, 3.63) is 35.4 Å². The Morgan fingerprint density at radius 2 is 1.85 bits per heavy atom. The minimum Gasteiger partial charge on any atom is -0.348 e. The Labute approximate surface area is 123 Å². The van der Waals surface area contributed by atoms with E-state index < -0.39 is 17.6 Å². The summed E-state index contributed by atoms with van der Waals surface area (Å²) in [6, 6.07) is 4.76. The third-order valence-electron chi connectivity index (χ3n) is 3.48. The molecule has 2 unspecified atom stereocenters. The molecule has 1 amide bonds. The van der Waals surface area contributed by atoms with Gasteiger partial charge in [0, 0.05) is 10.9 Å². The number of hydrogen-bond donors (Lipinski definition) is 1. The highest BCUT2D eigenvalue weighted by molar-refractivity contribution is 9.09. The lowest BCUT2D eigenvalue weighted by molar-refractivity contribution is -0.137. The smallest absolute Gasteiger partial charge is 0.348 e. The summed E-state index contributed by atoms with van der Waals surface area (Å²) in [4.78, 5) is 12.2. The zero-order chi connectivity index (χ0) is 14.8. The molecule has 1 aromatic rings. The molecular weight excluding hydrogens is 335 g/mol. The quantitative estimate of drug-likeness (QED) is 0.798. The average Bonchev–Trinajstić information content (AvgIpc) is 2.40. The first-order valence-electron chi connectivity index (χ1n) is 6.51. The van der Waals surface area contributed by atoms with E-state index in [1.165, 1.54) is 18.2 Å². The van der Waals surface area contributed by atoms with Gasteiger partial charge in [-0.1, -0.05) is 40.9 Å². The molecular formula is C14H15BrF3NO. The number of amides is 1. The van der Waals surface area contributed by atoms with Crippen LogP contribution in [0.1, 0.15) is 41.6 Å². The van der Waals surface area contributed by atoms with E-state index in [0.29, 0.717) is 0 Å². The second-order valence-corrected chi connectivity index (χ2v) is 6.10. The van der Waals surface area contributed by atoms with Gasteiger partial charge in [0.15, 0.2) is 0 Å². The monoisotopic (exact) mass is 349 g/mol. The Bertz CT molecular complexity index is 490. The third kappa shape index (κ3) is 3.53. The van der Waals surface area contributed by atoms with E-state index in [9.17, 15) is 18.0 Å². The van der Waals surface area contributed by atoms with Gasteiger partial charge in [0.25, 0.3) is 5.91 Å². The van der Waals surface area contributed by atoms with Crippen LogP contribution in [0.4, 0.5) is 13.2 Å². The number of carbonyl (C=O) groups is 1. The van der Waals surface area contributed by atoms with Gasteiger partial charge < -0.3 is 5.32 Å². The number of nitrogens with one attached hydrogen (secondary N) is 1. The zero-order valence-electron chi connectivity index (χ0n) is 10.7. The van der Waals surface area contributed by atoms with Crippen molar-refractivity contribution in [2.75, 3.05) is 0 Å². The van der Waals surface area contributed by atoms with Crippen LogP contribution in [-0.2, 0) is 6.18 Å². The fourth-order valence-corrected chi connectivity index (χ4v) is 3.14. The van der Waals surface area contributed by atoms with E-state index in [-0.39, 0.29) is 16.4 Å². The minimum absolute atomic E-state index is 0.113. The Morgan fingerprint density at radius 3 is 2.50 bits per heavy atom. The molecule has 0 aromatic heterocycles. The molecule has 1 aliphatic rings. The van der Waals surface area contributed by atoms with Gasteiger partial charge in [-0.15, -0.1) is 0 Å². The molecule has 20 heavy (non-hydrogen) atoms. The van der Waals surface area contributed by atoms with Crippen LogP contribution in [0.15, 0.2) is 24.3 Å². The summed E-state index contributed by atoms with van der Waals surface area (Å²) in [6.07, 6.45) is -0.759. The van der Waals surface area contributed by atoms with Crippen molar-refractivity contribution < 1.29 is 18.0 Å². The molecule has 2 atom stereocenters. The molecule has 0 aliphatic heterocycles. The standard InChI is InChI=1S/C14H15BrF3NO/c15-11-7-3-4-8-12(11)19-13(20)9-5-1-2-6-10(9)14(16,17)18/h1-2,5-6,11-12H,3-4,7-8H2,(H,19,20). The molecule has 6 heteroatoms. The topological polar surface area (TPSA) is 29.1 Å². The fourth-order valence-electron chi connectivity index (χ4n) is 2.42. The van der Waals surface area contributed by atoms with Crippen molar-refractivity contribution in [3.63, 3.8) is 0 Å². The third-order valence-corrected chi connectivity index (χ3v) is 4.57. The molecule has 1 N–H and O–H groups in total. The summed E-state index contributed by atoms with van der Waals surface area (Å²) in [7, 11) is 0. The fraction of sp³-hybridized carbons (Fsp3) is 0.500. The molecule has 1 aliphatic carbocycles. The number of halogens is 4. The Hall–Kier alpha value is -1.04. The molecule has 2 rings (SSSR count). The number of benzene rings is 1. The molecule has 0 bridgehead atoms. The minimum atomic E-state index is -4.52. The molecule has 0 saturated heterocycles. The summed E-state index contributed by atoms with van der Waals surface area (Å²) in [6.45, 7) is 0. The van der Waals surface area contributed by atoms with E-state index in [0.717, 1.165) is 31.7 Å².